The molecule has 0 aromatic carbocycles. The fourth-order valence-electron chi connectivity index (χ4n) is 2.30. The predicted molar refractivity (Wildman–Crippen MR) is 67.6 cm³/mol. The van der Waals surface area contributed by atoms with Crippen LogP contribution in [-0.2, 0) is 4.74 Å². The Morgan fingerprint density at radius 3 is 2.94 bits per heavy atom. The Balaban J connectivity index is 2.06. The van der Waals surface area contributed by atoms with Gasteiger partial charge in [-0.3, -0.25) is 0 Å². The monoisotopic (exact) mass is 250 g/mol. The fourth-order valence-corrected chi connectivity index (χ4v) is 2.30. The number of carbonyl (C=O) groups is 1. The Kier molecular flexibility index (Phi) is 3.52. The minimum absolute atomic E-state index is 0.293. The zero-order valence-electron chi connectivity index (χ0n) is 10.7. The molecule has 2 rings (SSSR count). The van der Waals surface area contributed by atoms with Gasteiger partial charge in [0, 0.05) is 25.0 Å². The van der Waals surface area contributed by atoms with E-state index in [0.717, 1.165) is 18.5 Å². The summed E-state index contributed by atoms with van der Waals surface area (Å²) >= 11 is 0. The smallest absolute Gasteiger partial charge is 0.356 e. The third kappa shape index (κ3) is 2.46. The van der Waals surface area contributed by atoms with E-state index in [2.05, 4.69) is 16.6 Å². The highest BCUT2D eigenvalue weighted by atomic mass is 16.5. The molecule has 0 atom stereocenters. The second kappa shape index (κ2) is 4.94. The standard InChI is InChI=1S/C13H18N2O3/c1-3-5-13(17)8-15(9-13)10-4-6-14-11(7-10)12(16)18-2/h4,6-7,17H,3,5,8-9H2,1-2H3. The molecule has 1 aromatic rings. The first-order valence-corrected chi connectivity index (χ1v) is 6.10. The van der Waals surface area contributed by atoms with Crippen LogP contribution in [0.1, 0.15) is 30.3 Å². The largest absolute Gasteiger partial charge is 0.464 e. The first kappa shape index (κ1) is 12.8. The van der Waals surface area contributed by atoms with Gasteiger partial charge in [0.1, 0.15) is 5.69 Å². The molecule has 2 heterocycles. The van der Waals surface area contributed by atoms with E-state index in [1.807, 2.05) is 11.0 Å². The van der Waals surface area contributed by atoms with Crippen molar-refractivity contribution >= 4 is 11.7 Å². The lowest BCUT2D eigenvalue weighted by Crippen LogP contribution is -2.62. The number of rotatable bonds is 4. The molecule has 1 N–H and O–H groups in total. The lowest BCUT2D eigenvalue weighted by atomic mass is 9.89. The lowest BCUT2D eigenvalue weighted by molar-refractivity contribution is 0.00339. The Hall–Kier alpha value is -1.62. The van der Waals surface area contributed by atoms with Crippen LogP contribution in [0.2, 0.25) is 0 Å². The minimum atomic E-state index is -0.580. The first-order valence-electron chi connectivity index (χ1n) is 6.10. The van der Waals surface area contributed by atoms with Crippen LogP contribution in [0, 0.1) is 0 Å². The van der Waals surface area contributed by atoms with Gasteiger partial charge in [-0.2, -0.15) is 0 Å². The maximum absolute atomic E-state index is 11.4. The highest BCUT2D eigenvalue weighted by molar-refractivity contribution is 5.88. The van der Waals surface area contributed by atoms with Gasteiger partial charge in [-0.25, -0.2) is 9.78 Å². The summed E-state index contributed by atoms with van der Waals surface area (Å²) in [6.07, 6.45) is 3.35. The van der Waals surface area contributed by atoms with E-state index in [9.17, 15) is 9.90 Å². The van der Waals surface area contributed by atoms with Crippen molar-refractivity contribution in [3.8, 4) is 0 Å². The molecule has 5 nitrogen and oxygen atoms in total. The van der Waals surface area contributed by atoms with Gasteiger partial charge in [-0.15, -0.1) is 0 Å². The Morgan fingerprint density at radius 2 is 2.33 bits per heavy atom. The summed E-state index contributed by atoms with van der Waals surface area (Å²) < 4.78 is 4.63. The molecule has 1 saturated heterocycles. The number of pyridine rings is 1. The number of anilines is 1. The van der Waals surface area contributed by atoms with E-state index in [-0.39, 0.29) is 0 Å². The summed E-state index contributed by atoms with van der Waals surface area (Å²) in [5, 5.41) is 10.1. The molecular formula is C13H18N2O3. The van der Waals surface area contributed by atoms with E-state index >= 15 is 0 Å². The number of nitrogens with zero attached hydrogens (tertiary/aromatic N) is 2. The molecule has 0 radical (unpaired) electrons. The molecule has 98 valence electrons. The average molecular weight is 250 g/mol. The summed E-state index contributed by atoms with van der Waals surface area (Å²) in [6, 6.07) is 3.52. The number of carbonyl (C=O) groups excluding carboxylic acids is 1. The number of hydrogen-bond acceptors (Lipinski definition) is 5. The van der Waals surface area contributed by atoms with E-state index in [1.54, 1.807) is 12.3 Å². The summed E-state index contributed by atoms with van der Waals surface area (Å²) in [5.74, 6) is -0.443. The van der Waals surface area contributed by atoms with Crippen molar-refractivity contribution in [2.45, 2.75) is 25.4 Å². The number of aliphatic hydroxyl groups is 1. The van der Waals surface area contributed by atoms with Crippen LogP contribution in [0.5, 0.6) is 0 Å². The Morgan fingerprint density at radius 1 is 1.61 bits per heavy atom. The molecule has 1 aliphatic rings. The van der Waals surface area contributed by atoms with Crippen LogP contribution in [0.15, 0.2) is 18.3 Å². The van der Waals surface area contributed by atoms with Crippen molar-refractivity contribution < 1.29 is 14.6 Å². The predicted octanol–water partition coefficient (Wildman–Crippen LogP) is 1.22. The minimum Gasteiger partial charge on any atom is -0.464 e. The molecule has 0 saturated carbocycles. The third-order valence-electron chi connectivity index (χ3n) is 3.19. The number of β-amino-alcohol motifs (C(OH)–C–C–N with tert-alkyl or cyclic N) is 1. The normalized spacial score (nSPS) is 17.2. The van der Waals surface area contributed by atoms with E-state index in [4.69, 9.17) is 0 Å². The number of methoxy groups -OCH3 is 1. The van der Waals surface area contributed by atoms with Crippen LogP contribution in [0.25, 0.3) is 0 Å². The third-order valence-corrected chi connectivity index (χ3v) is 3.19. The van der Waals surface area contributed by atoms with Crippen molar-refractivity contribution in [2.24, 2.45) is 0 Å². The molecule has 1 aliphatic heterocycles. The Labute approximate surface area is 106 Å². The second-order valence-corrected chi connectivity index (χ2v) is 4.72. The zero-order chi connectivity index (χ0) is 13.2. The van der Waals surface area contributed by atoms with Gasteiger partial charge in [0.15, 0.2) is 0 Å². The van der Waals surface area contributed by atoms with E-state index in [0.29, 0.717) is 18.8 Å². The van der Waals surface area contributed by atoms with Crippen LogP contribution < -0.4 is 4.90 Å². The molecule has 5 heteroatoms. The molecule has 0 amide bonds. The molecule has 0 aliphatic carbocycles. The maximum Gasteiger partial charge on any atom is 0.356 e. The van der Waals surface area contributed by atoms with Gasteiger partial charge in [0.05, 0.1) is 12.7 Å². The Bertz CT molecular complexity index is 442. The number of aromatic nitrogens is 1. The van der Waals surface area contributed by atoms with E-state index < -0.39 is 11.6 Å². The van der Waals surface area contributed by atoms with Gasteiger partial charge >= 0.3 is 5.97 Å². The highest BCUT2D eigenvalue weighted by Crippen LogP contribution is 2.30. The number of esters is 1. The van der Waals surface area contributed by atoms with Crippen molar-refractivity contribution in [3.63, 3.8) is 0 Å². The van der Waals surface area contributed by atoms with Crippen LogP contribution in [0.3, 0.4) is 0 Å². The molecular weight excluding hydrogens is 232 g/mol. The molecule has 1 aromatic heterocycles. The summed E-state index contributed by atoms with van der Waals surface area (Å²) in [7, 11) is 1.33. The molecule has 0 spiro atoms. The summed E-state index contributed by atoms with van der Waals surface area (Å²) in [6.45, 7) is 3.26. The lowest BCUT2D eigenvalue weighted by Gasteiger charge is -2.48. The van der Waals surface area contributed by atoms with Crippen molar-refractivity contribution in [2.75, 3.05) is 25.1 Å². The summed E-state index contributed by atoms with van der Waals surface area (Å²) in [4.78, 5) is 17.4. The van der Waals surface area contributed by atoms with E-state index in [1.165, 1.54) is 7.11 Å². The van der Waals surface area contributed by atoms with Gasteiger partial charge in [0.2, 0.25) is 0 Å². The SMILES string of the molecule is CCCC1(O)CN(c2ccnc(C(=O)OC)c2)C1. The molecule has 0 bridgehead atoms. The maximum atomic E-state index is 11.4. The second-order valence-electron chi connectivity index (χ2n) is 4.72. The van der Waals surface area contributed by atoms with Gasteiger partial charge in [-0.05, 0) is 18.6 Å². The summed E-state index contributed by atoms with van der Waals surface area (Å²) in [5.41, 5.74) is 0.607. The van der Waals surface area contributed by atoms with Crippen molar-refractivity contribution in [1.82, 2.24) is 4.98 Å². The zero-order valence-corrected chi connectivity index (χ0v) is 10.7. The number of hydrogen-bond donors (Lipinski definition) is 1. The number of ether oxygens (including phenoxy) is 1. The van der Waals surface area contributed by atoms with Gasteiger partial charge in [-0.1, -0.05) is 13.3 Å². The highest BCUT2D eigenvalue weighted by Gasteiger charge is 2.40. The fraction of sp³-hybridized carbons (Fsp3) is 0.538. The van der Waals surface area contributed by atoms with Crippen molar-refractivity contribution in [1.29, 1.82) is 0 Å². The average Bonchev–Trinajstić information content (AvgIpc) is 2.35. The van der Waals surface area contributed by atoms with Crippen LogP contribution >= 0.6 is 0 Å². The topological polar surface area (TPSA) is 62.7 Å². The van der Waals surface area contributed by atoms with Gasteiger partial charge in [0.25, 0.3) is 0 Å². The first-order chi connectivity index (χ1) is 8.58. The molecule has 1 fully saturated rings. The van der Waals surface area contributed by atoms with Crippen LogP contribution in [0.4, 0.5) is 5.69 Å². The van der Waals surface area contributed by atoms with Gasteiger partial charge < -0.3 is 14.7 Å². The molecule has 18 heavy (non-hydrogen) atoms. The van der Waals surface area contributed by atoms with Crippen molar-refractivity contribution in [3.05, 3.63) is 24.0 Å². The van der Waals surface area contributed by atoms with Crippen LogP contribution in [-0.4, -0.2) is 41.9 Å². The quantitative estimate of drug-likeness (QED) is 0.814. The molecule has 0 unspecified atom stereocenters.